The third kappa shape index (κ3) is 23.2. The maximum atomic E-state index is 12.2. The molecular weight excluding hydrogens is 1630 g/mol. The third-order valence-corrected chi connectivity index (χ3v) is 23.7. The molecule has 0 aliphatic carbocycles. The maximum absolute atomic E-state index is 12.2. The van der Waals surface area contributed by atoms with Crippen LogP contribution in [0, 0.1) is 44.5 Å². The van der Waals surface area contributed by atoms with Gasteiger partial charge in [-0.05, 0) is 257 Å². The van der Waals surface area contributed by atoms with Crippen molar-refractivity contribution in [1.82, 2.24) is 29.7 Å². The number of nitrogens with zero attached hydrogens (tertiary/aromatic N) is 6. The molecule has 19 nitrogen and oxygen atoms in total. The van der Waals surface area contributed by atoms with Gasteiger partial charge >= 0.3 is 17.9 Å². The fourth-order valence-corrected chi connectivity index (χ4v) is 16.9. The second-order valence-corrected chi connectivity index (χ2v) is 32.5. The van der Waals surface area contributed by atoms with Crippen LogP contribution in [0.1, 0.15) is 142 Å². The van der Waals surface area contributed by atoms with Crippen LogP contribution < -0.4 is 18.9 Å². The lowest BCUT2D eigenvalue weighted by atomic mass is 10.00. The lowest BCUT2D eigenvalue weighted by Gasteiger charge is -2.28. The molecule has 19 heteroatoms. The minimum atomic E-state index is -0.798. The summed E-state index contributed by atoms with van der Waals surface area (Å²) in [7, 11) is 0. The number of ether oxygens (including phenoxy) is 4. The summed E-state index contributed by atoms with van der Waals surface area (Å²) in [6, 6.07) is 105. The van der Waals surface area contributed by atoms with E-state index in [-0.39, 0.29) is 24.7 Å². The zero-order chi connectivity index (χ0) is 89.5. The average molecular weight is 1730 g/mol. The number of carbonyl (C=O) groups is 3. The predicted octanol–water partition coefficient (Wildman–Crippen LogP) is 23.9. The molecule has 3 fully saturated rings. The van der Waals surface area contributed by atoms with E-state index in [4.69, 9.17) is 37.2 Å². The number of para-hydroxylation sites is 3. The first-order chi connectivity index (χ1) is 63.6. The van der Waals surface area contributed by atoms with Crippen molar-refractivity contribution in [2.75, 3.05) is 6.61 Å². The topological polar surface area (TPSA) is 237 Å². The number of aliphatic carboxylic acids is 3. The molecule has 6 atom stereocenters. The molecule has 3 aliphatic rings. The molecule has 0 amide bonds. The van der Waals surface area contributed by atoms with Crippen LogP contribution >= 0.6 is 0 Å². The van der Waals surface area contributed by atoms with Gasteiger partial charge in [-0.25, -0.2) is 15.0 Å². The number of rotatable bonds is 28. The molecule has 3 N–H and O–H groups in total. The van der Waals surface area contributed by atoms with Crippen LogP contribution in [0.5, 0.6) is 40.2 Å². The summed E-state index contributed by atoms with van der Waals surface area (Å²) in [4.78, 5) is 56.6. The quantitative estimate of drug-likeness (QED) is 0.0386. The van der Waals surface area contributed by atoms with Gasteiger partial charge in [0.2, 0.25) is 17.7 Å². The Bertz CT molecular complexity index is 6360. The van der Waals surface area contributed by atoms with Crippen LogP contribution in [0.4, 0.5) is 0 Å². The largest absolute Gasteiger partial charge is 0.481 e. The molecule has 0 unspecified atom stereocenters. The van der Waals surface area contributed by atoms with E-state index in [2.05, 4.69) is 84.7 Å². The minimum Gasteiger partial charge on any atom is -0.481 e. The highest BCUT2D eigenvalue weighted by molar-refractivity contribution is 5.75. The number of oxazole rings is 3. The molecule has 0 radical (unpaired) electrons. The molecule has 652 valence electrons. The molecule has 15 aromatic rings. The number of benzene rings is 12. The Balaban J connectivity index is 0.000000143. The van der Waals surface area contributed by atoms with Gasteiger partial charge < -0.3 is 47.5 Å². The molecular formula is C111H100N6O13. The first-order valence-electron chi connectivity index (χ1n) is 44.0. The second kappa shape index (κ2) is 42.9. The first kappa shape index (κ1) is 88.3. The molecule has 130 heavy (non-hydrogen) atoms. The smallest absolute Gasteiger partial charge is 0.320 e. The summed E-state index contributed by atoms with van der Waals surface area (Å²) in [5.41, 5.74) is 13.9. The predicted molar refractivity (Wildman–Crippen MR) is 500 cm³/mol. The van der Waals surface area contributed by atoms with E-state index in [1.54, 1.807) is 0 Å². The number of hydrogen-bond acceptors (Lipinski definition) is 16. The average Bonchev–Trinajstić information content (AvgIpc) is 1.65. The number of carboxylic acid groups (broad SMARTS) is 3. The SMILES string of the molecule is Cc1oc(-c2ccccc2)nc1C#CCOc1ccc([C@@H]2CC[C@@H](C(=O)O)N2Cc2ccc(Oc3ccccc3)cc2)cc1.Cc1oc(-c2ccccc2)nc1CC#Cc1ccc([C@@H]2CC[C@@H](C(=O)O)N2Cc2ccc(Oc3ccccc3)cc2)cc1.Cc1oc(-c2ccccc2)nc1CCCc1ccc([C@@H]2CC[C@@H](C(=O)O)N2Cc2ccc(Oc3ccccc3)cc2)cc1. The van der Waals surface area contributed by atoms with Crippen LogP contribution in [-0.2, 0) is 53.3 Å². The first-order valence-corrected chi connectivity index (χ1v) is 44.0. The molecule has 18 rings (SSSR count). The van der Waals surface area contributed by atoms with E-state index in [1.807, 2.05) is 312 Å². The lowest BCUT2D eigenvalue weighted by molar-refractivity contribution is -0.143. The van der Waals surface area contributed by atoms with Crippen molar-refractivity contribution in [3.05, 3.63) is 406 Å². The molecule has 0 spiro atoms. The van der Waals surface area contributed by atoms with Gasteiger partial charge in [0.15, 0.2) is 5.69 Å². The summed E-state index contributed by atoms with van der Waals surface area (Å²) in [5.74, 6) is 19.6. The standard InChI is InChI=1S/C37H32N2O5.C37H36N2O4.C37H32N2O4/c1-26-33(38-36(43-26)29-9-4-2-5-10-29)13-8-24-42-30-20-16-28(17-21-30)34-22-23-35(37(40)41)39(34)25-27-14-18-32(19-15-27)44-31-11-6-3-7-12-31;2*1-26-33(38-36(42-26)30-10-4-2-5-11-30)14-8-9-27-15-19-29(20-16-27)34-23-24-35(37(40)41)39(34)25-28-17-21-32(22-18-28)43-31-12-6-3-7-13-31/h2-7,9-12,14-21,34-35H,22-25H2,1H3,(H,40,41);2-7,10-13,15-22,34-35H,8-9,14,23-25H2,1H3,(H,40,41);2-7,10-13,15-22,34-35H,14,23-25H2,1H3,(H,40,41)/t3*34-,35-/m000/s1. The monoisotopic (exact) mass is 1720 g/mol. The molecule has 3 saturated heterocycles. The molecule has 3 aromatic heterocycles. The molecule has 3 aliphatic heterocycles. The summed E-state index contributed by atoms with van der Waals surface area (Å²) >= 11 is 0. The maximum Gasteiger partial charge on any atom is 0.320 e. The van der Waals surface area contributed by atoms with Gasteiger partial charge in [0, 0.05) is 60.0 Å². The normalized spacial score (nSPS) is 16.5. The molecule has 6 heterocycles. The van der Waals surface area contributed by atoms with Crippen molar-refractivity contribution in [2.45, 2.75) is 141 Å². The summed E-state index contributed by atoms with van der Waals surface area (Å²) in [6.45, 7) is 7.57. The Labute approximate surface area is 757 Å². The van der Waals surface area contributed by atoms with Gasteiger partial charge in [0.1, 0.15) is 82.3 Å². The highest BCUT2D eigenvalue weighted by atomic mass is 16.5. The number of carboxylic acids is 3. The minimum absolute atomic E-state index is 0.0116. The van der Waals surface area contributed by atoms with E-state index in [0.717, 1.165) is 152 Å². The summed E-state index contributed by atoms with van der Waals surface area (Å²) in [6.07, 6.45) is 7.48. The van der Waals surface area contributed by atoms with Gasteiger partial charge in [0.05, 0.1) is 17.8 Å². The van der Waals surface area contributed by atoms with Crippen molar-refractivity contribution in [1.29, 1.82) is 0 Å². The van der Waals surface area contributed by atoms with Crippen molar-refractivity contribution >= 4 is 17.9 Å². The van der Waals surface area contributed by atoms with Crippen LogP contribution in [0.25, 0.3) is 34.4 Å². The zero-order valence-corrected chi connectivity index (χ0v) is 72.6. The van der Waals surface area contributed by atoms with Gasteiger partial charge in [-0.1, -0.05) is 212 Å². The van der Waals surface area contributed by atoms with E-state index < -0.39 is 36.0 Å². The molecule has 12 aromatic carbocycles. The summed E-state index contributed by atoms with van der Waals surface area (Å²) in [5, 5.41) is 29.9. The molecule has 0 bridgehead atoms. The Morgan fingerprint density at radius 2 is 0.662 bits per heavy atom. The third-order valence-electron chi connectivity index (χ3n) is 23.7. The number of aryl methyl sites for hydroxylation is 5. The van der Waals surface area contributed by atoms with Crippen LogP contribution in [0.3, 0.4) is 0 Å². The van der Waals surface area contributed by atoms with Crippen molar-refractivity contribution in [3.63, 3.8) is 0 Å². The van der Waals surface area contributed by atoms with E-state index in [1.165, 1.54) is 5.56 Å². The van der Waals surface area contributed by atoms with Crippen LogP contribution in [0.2, 0.25) is 0 Å². The Kier molecular flexibility index (Phi) is 29.2. The van der Waals surface area contributed by atoms with E-state index in [0.29, 0.717) is 80.2 Å². The highest BCUT2D eigenvalue weighted by Gasteiger charge is 2.41. The lowest BCUT2D eigenvalue weighted by Crippen LogP contribution is -2.36. The van der Waals surface area contributed by atoms with Gasteiger partial charge in [-0.2, -0.15) is 0 Å². The fraction of sp³-hybridized carbons (Fsp3) is 0.207. The van der Waals surface area contributed by atoms with Gasteiger partial charge in [-0.3, -0.25) is 29.1 Å². The second-order valence-electron chi connectivity index (χ2n) is 32.5. The zero-order valence-electron chi connectivity index (χ0n) is 72.6. The van der Waals surface area contributed by atoms with Gasteiger partial charge in [0.25, 0.3) is 0 Å². The van der Waals surface area contributed by atoms with E-state index in [9.17, 15) is 29.7 Å². The summed E-state index contributed by atoms with van der Waals surface area (Å²) < 4.78 is 41.2. The number of aromatic nitrogens is 3. The number of hydrogen-bond donors (Lipinski definition) is 3. The van der Waals surface area contributed by atoms with Gasteiger partial charge in [-0.15, -0.1) is 0 Å². The fourth-order valence-electron chi connectivity index (χ4n) is 16.9. The van der Waals surface area contributed by atoms with E-state index >= 15 is 0 Å². The van der Waals surface area contributed by atoms with Crippen LogP contribution in [-0.4, -0.2) is 87.6 Å². The van der Waals surface area contributed by atoms with Crippen molar-refractivity contribution in [3.8, 4) is 98.3 Å². The van der Waals surface area contributed by atoms with Crippen molar-refractivity contribution in [2.24, 2.45) is 0 Å². The van der Waals surface area contributed by atoms with Crippen LogP contribution in [0.15, 0.2) is 341 Å². The Morgan fingerprint density at radius 3 is 1.05 bits per heavy atom. The highest BCUT2D eigenvalue weighted by Crippen LogP contribution is 2.43. The Hall–Kier alpha value is -15.1. The Morgan fingerprint density at radius 1 is 0.338 bits per heavy atom. The molecule has 0 saturated carbocycles. The number of likely N-dealkylation sites (tertiary alicyclic amines) is 3. The van der Waals surface area contributed by atoms with Crippen molar-refractivity contribution < 1.29 is 61.9 Å².